The molecule has 0 heterocycles. The van der Waals surface area contributed by atoms with Gasteiger partial charge in [-0.05, 0) is 154 Å². The number of anilines is 6. The zero-order chi connectivity index (χ0) is 43.5. The van der Waals surface area contributed by atoms with Crippen LogP contribution in [-0.2, 0) is 0 Å². The molecular formula is C60H48N2O2. The van der Waals surface area contributed by atoms with E-state index in [1.165, 1.54) is 33.4 Å². The van der Waals surface area contributed by atoms with Crippen LogP contribution in [0.4, 0.5) is 34.1 Å². The summed E-state index contributed by atoms with van der Waals surface area (Å²) in [4.78, 5) is 4.56. The van der Waals surface area contributed by atoms with Gasteiger partial charge in [-0.1, -0.05) is 146 Å². The number of ether oxygens (including phenoxy) is 2. The summed E-state index contributed by atoms with van der Waals surface area (Å²) in [5, 5.41) is 0. The first-order chi connectivity index (χ1) is 31.6. The first-order valence-electron chi connectivity index (χ1n) is 21.5. The smallest absolute Gasteiger partial charge is 0.119 e. The monoisotopic (exact) mass is 828 g/mol. The highest BCUT2D eigenvalue weighted by Crippen LogP contribution is 2.40. The van der Waals surface area contributed by atoms with Crippen molar-refractivity contribution in [2.75, 3.05) is 24.0 Å². The van der Waals surface area contributed by atoms with Crippen molar-refractivity contribution in [2.45, 2.75) is 0 Å². The van der Waals surface area contributed by atoms with Gasteiger partial charge in [-0.15, -0.1) is 0 Å². The highest BCUT2D eigenvalue weighted by molar-refractivity contribution is 5.93. The van der Waals surface area contributed by atoms with Gasteiger partial charge in [0.05, 0.1) is 14.2 Å². The van der Waals surface area contributed by atoms with Gasteiger partial charge in [0.15, 0.2) is 0 Å². The van der Waals surface area contributed by atoms with Crippen molar-refractivity contribution in [2.24, 2.45) is 0 Å². The molecule has 4 heteroatoms. The summed E-state index contributed by atoms with van der Waals surface area (Å²) in [6.45, 7) is 0. The Hall–Kier alpha value is -8.34. The molecule has 0 atom stereocenters. The lowest BCUT2D eigenvalue weighted by atomic mass is 9.95. The van der Waals surface area contributed by atoms with Crippen molar-refractivity contribution in [3.8, 4) is 11.5 Å². The van der Waals surface area contributed by atoms with E-state index < -0.39 is 0 Å². The van der Waals surface area contributed by atoms with E-state index in [-0.39, 0.29) is 0 Å². The normalized spacial score (nSPS) is 10.7. The number of hydrogen-bond donors (Lipinski definition) is 0. The SMILES string of the molecule is COc1ccc(N(c2ccc(OC)cc2)c2ccc(N(c3ccc(C=C(c4ccccc4)c4ccccc4)cc3)c3ccc(C=C(c4ccccc4)c4ccccc4)cc3)cc2)cc1. The topological polar surface area (TPSA) is 24.9 Å². The molecule has 0 saturated carbocycles. The Balaban J connectivity index is 1.11. The summed E-state index contributed by atoms with van der Waals surface area (Å²) in [5.41, 5.74) is 15.5. The molecule has 0 aromatic heterocycles. The fourth-order valence-corrected chi connectivity index (χ4v) is 8.02. The molecule has 0 unspecified atom stereocenters. The Bertz CT molecular complexity index is 2660. The molecule has 9 aromatic carbocycles. The van der Waals surface area contributed by atoms with Gasteiger partial charge in [0.25, 0.3) is 0 Å². The van der Waals surface area contributed by atoms with Gasteiger partial charge < -0.3 is 19.3 Å². The highest BCUT2D eigenvalue weighted by atomic mass is 16.5. The van der Waals surface area contributed by atoms with E-state index in [1.54, 1.807) is 14.2 Å². The molecule has 0 saturated heterocycles. The molecule has 4 nitrogen and oxygen atoms in total. The third kappa shape index (κ3) is 9.42. The van der Waals surface area contributed by atoms with Crippen molar-refractivity contribution >= 4 is 57.4 Å². The number of methoxy groups -OCH3 is 2. The number of hydrogen-bond acceptors (Lipinski definition) is 4. The van der Waals surface area contributed by atoms with E-state index in [2.05, 4.69) is 240 Å². The van der Waals surface area contributed by atoms with Gasteiger partial charge >= 0.3 is 0 Å². The fourth-order valence-electron chi connectivity index (χ4n) is 8.02. The lowest BCUT2D eigenvalue weighted by Crippen LogP contribution is -2.12. The fraction of sp³-hybridized carbons (Fsp3) is 0.0333. The molecule has 64 heavy (non-hydrogen) atoms. The Morgan fingerprint density at radius 1 is 0.281 bits per heavy atom. The molecule has 0 spiro atoms. The Morgan fingerprint density at radius 3 is 0.734 bits per heavy atom. The molecule has 0 N–H and O–H groups in total. The van der Waals surface area contributed by atoms with Gasteiger partial charge in [0, 0.05) is 34.1 Å². The van der Waals surface area contributed by atoms with E-state index in [4.69, 9.17) is 9.47 Å². The molecule has 0 bridgehead atoms. The van der Waals surface area contributed by atoms with Crippen LogP contribution < -0.4 is 19.3 Å². The van der Waals surface area contributed by atoms with Crippen LogP contribution in [0.25, 0.3) is 23.3 Å². The largest absolute Gasteiger partial charge is 0.497 e. The van der Waals surface area contributed by atoms with Crippen LogP contribution in [-0.4, -0.2) is 14.2 Å². The van der Waals surface area contributed by atoms with E-state index in [0.29, 0.717) is 0 Å². The number of benzene rings is 9. The second-order valence-electron chi connectivity index (χ2n) is 15.3. The number of rotatable bonds is 14. The average molecular weight is 829 g/mol. The standard InChI is InChI=1S/C60H48N2O2/c1-63-57-39-35-55(36-40-57)62(56-37-41-58(64-2)42-38-56)54-33-31-53(32-34-54)61(51-27-23-45(24-28-51)43-59(47-15-7-3-8-16-47)48-17-9-4-10-18-48)52-29-25-46(26-30-52)44-60(49-19-11-5-12-20-49)50-21-13-6-14-22-50/h3-44H,1-2H3. The van der Waals surface area contributed by atoms with Crippen molar-refractivity contribution < 1.29 is 9.47 Å². The lowest BCUT2D eigenvalue weighted by Gasteiger charge is -2.28. The van der Waals surface area contributed by atoms with Gasteiger partial charge in [0.2, 0.25) is 0 Å². The average Bonchev–Trinajstić information content (AvgIpc) is 3.38. The zero-order valence-corrected chi connectivity index (χ0v) is 36.0. The predicted molar refractivity (Wildman–Crippen MR) is 269 cm³/mol. The van der Waals surface area contributed by atoms with Crippen molar-refractivity contribution in [3.63, 3.8) is 0 Å². The second-order valence-corrected chi connectivity index (χ2v) is 15.3. The quantitative estimate of drug-likeness (QED) is 0.102. The highest BCUT2D eigenvalue weighted by Gasteiger charge is 2.17. The minimum absolute atomic E-state index is 0.806. The van der Waals surface area contributed by atoms with E-state index in [1.807, 2.05) is 24.3 Å². The predicted octanol–water partition coefficient (Wildman–Crippen LogP) is 15.8. The summed E-state index contributed by atoms with van der Waals surface area (Å²) >= 11 is 0. The maximum Gasteiger partial charge on any atom is 0.119 e. The van der Waals surface area contributed by atoms with Gasteiger partial charge in [-0.3, -0.25) is 0 Å². The van der Waals surface area contributed by atoms with Crippen LogP contribution >= 0.6 is 0 Å². The third-order valence-electron chi connectivity index (χ3n) is 11.3. The third-order valence-corrected chi connectivity index (χ3v) is 11.3. The van der Waals surface area contributed by atoms with Crippen LogP contribution in [0, 0.1) is 0 Å². The molecular weight excluding hydrogens is 781 g/mol. The van der Waals surface area contributed by atoms with Crippen molar-refractivity contribution in [1.82, 2.24) is 0 Å². The maximum absolute atomic E-state index is 5.50. The van der Waals surface area contributed by atoms with E-state index >= 15 is 0 Å². The zero-order valence-electron chi connectivity index (χ0n) is 36.0. The Kier molecular flexibility index (Phi) is 12.6. The maximum atomic E-state index is 5.50. The summed E-state index contributed by atoms with van der Waals surface area (Å²) in [6.07, 6.45) is 4.55. The molecule has 9 aromatic rings. The summed E-state index contributed by atoms with van der Waals surface area (Å²) in [6, 6.07) is 85.1. The Morgan fingerprint density at radius 2 is 0.500 bits per heavy atom. The Labute approximate surface area is 376 Å². The summed E-state index contributed by atoms with van der Waals surface area (Å²) in [7, 11) is 3.38. The van der Waals surface area contributed by atoms with Gasteiger partial charge in [-0.2, -0.15) is 0 Å². The minimum atomic E-state index is 0.806. The van der Waals surface area contributed by atoms with Crippen LogP contribution in [0.5, 0.6) is 11.5 Å². The molecule has 0 aliphatic carbocycles. The summed E-state index contributed by atoms with van der Waals surface area (Å²) < 4.78 is 11.0. The minimum Gasteiger partial charge on any atom is -0.497 e. The van der Waals surface area contributed by atoms with Crippen LogP contribution in [0.1, 0.15) is 33.4 Å². The van der Waals surface area contributed by atoms with Crippen LogP contribution in [0.2, 0.25) is 0 Å². The van der Waals surface area contributed by atoms with E-state index in [9.17, 15) is 0 Å². The molecule has 0 aliphatic heterocycles. The first-order valence-corrected chi connectivity index (χ1v) is 21.5. The number of nitrogens with zero attached hydrogens (tertiary/aromatic N) is 2. The molecule has 9 rings (SSSR count). The summed E-state index contributed by atoms with van der Waals surface area (Å²) in [5.74, 6) is 1.61. The molecule has 0 fully saturated rings. The molecule has 0 aliphatic rings. The van der Waals surface area contributed by atoms with Crippen LogP contribution in [0.3, 0.4) is 0 Å². The van der Waals surface area contributed by atoms with Crippen LogP contribution in [0.15, 0.2) is 243 Å². The molecule has 0 amide bonds. The lowest BCUT2D eigenvalue weighted by molar-refractivity contribution is 0.415. The van der Waals surface area contributed by atoms with E-state index in [0.717, 1.165) is 56.8 Å². The van der Waals surface area contributed by atoms with Crippen molar-refractivity contribution in [1.29, 1.82) is 0 Å². The first kappa shape index (κ1) is 41.0. The molecule has 310 valence electrons. The van der Waals surface area contributed by atoms with Crippen molar-refractivity contribution in [3.05, 3.63) is 276 Å². The second kappa shape index (κ2) is 19.6. The van der Waals surface area contributed by atoms with Gasteiger partial charge in [-0.25, -0.2) is 0 Å². The van der Waals surface area contributed by atoms with Gasteiger partial charge in [0.1, 0.15) is 11.5 Å². The molecule has 0 radical (unpaired) electrons.